The maximum absolute atomic E-state index is 12.9. The monoisotopic (exact) mass is 337 g/mol. The van der Waals surface area contributed by atoms with Crippen molar-refractivity contribution in [1.82, 2.24) is 14.8 Å². The van der Waals surface area contributed by atoms with Gasteiger partial charge in [0.2, 0.25) is 0 Å². The fourth-order valence-electron chi connectivity index (χ4n) is 2.02. The summed E-state index contributed by atoms with van der Waals surface area (Å²) in [6, 6.07) is 10.0. The van der Waals surface area contributed by atoms with Gasteiger partial charge >= 0.3 is 12.2 Å². The summed E-state index contributed by atoms with van der Waals surface area (Å²) in [6.45, 7) is 0. The van der Waals surface area contributed by atoms with Gasteiger partial charge in [-0.2, -0.15) is 18.2 Å². The highest BCUT2D eigenvalue weighted by Gasteiger charge is 2.30. The fraction of sp³-hybridized carbons (Fsp3) is 0.125. The smallest absolute Gasteiger partial charge is 0.416 e. The average Bonchev–Trinajstić information content (AvgIpc) is 2.88. The number of rotatable bonds is 3. The van der Waals surface area contributed by atoms with Crippen LogP contribution in [0.2, 0.25) is 0 Å². The van der Waals surface area contributed by atoms with E-state index in [1.807, 2.05) is 0 Å². The molecule has 0 atom stereocenters. The van der Waals surface area contributed by atoms with Crippen LogP contribution in [-0.4, -0.2) is 14.8 Å². The summed E-state index contributed by atoms with van der Waals surface area (Å²) in [5.41, 5.74) is -0.258. The largest absolute Gasteiger partial charge is 0.424 e. The maximum Gasteiger partial charge on any atom is 0.416 e. The summed E-state index contributed by atoms with van der Waals surface area (Å²) in [5.74, 6) is -0.124. The highest BCUT2D eigenvalue weighted by atomic mass is 19.4. The number of aryl methyl sites for hydroxylation is 1. The van der Waals surface area contributed by atoms with Gasteiger partial charge in [0.15, 0.2) is 5.82 Å². The van der Waals surface area contributed by atoms with Crippen molar-refractivity contribution in [2.45, 2.75) is 6.18 Å². The van der Waals surface area contributed by atoms with Gasteiger partial charge in [-0.3, -0.25) is 0 Å². The summed E-state index contributed by atoms with van der Waals surface area (Å²) >= 11 is 0. The van der Waals surface area contributed by atoms with E-state index in [0.717, 1.165) is 12.1 Å². The molecule has 3 aromatic rings. The second-order valence-electron chi connectivity index (χ2n) is 4.98. The topological polar surface area (TPSA) is 39.9 Å². The van der Waals surface area contributed by atoms with Crippen molar-refractivity contribution in [3.05, 3.63) is 59.9 Å². The average molecular weight is 337 g/mol. The molecule has 0 spiro atoms. The summed E-state index contributed by atoms with van der Waals surface area (Å²) in [5, 5.41) is 4.11. The Bertz CT molecular complexity index is 857. The van der Waals surface area contributed by atoms with Crippen LogP contribution >= 0.6 is 0 Å². The van der Waals surface area contributed by atoms with Crippen LogP contribution in [0.15, 0.2) is 48.5 Å². The number of halogens is 4. The zero-order chi connectivity index (χ0) is 17.3. The lowest BCUT2D eigenvalue weighted by Crippen LogP contribution is -2.05. The molecule has 0 fully saturated rings. The normalized spacial score (nSPS) is 11.5. The molecule has 0 bridgehead atoms. The molecule has 0 saturated carbocycles. The molecule has 0 amide bonds. The van der Waals surface area contributed by atoms with E-state index in [4.69, 9.17) is 4.74 Å². The molecule has 0 aliphatic rings. The number of ether oxygens (including phenoxy) is 1. The Labute approximate surface area is 134 Å². The Morgan fingerprint density at radius 1 is 1.04 bits per heavy atom. The SMILES string of the molecule is Cn1nc(-c2ccc(F)cc2)nc1Oc1cccc(C(F)(F)F)c1. The van der Waals surface area contributed by atoms with E-state index in [-0.39, 0.29) is 17.6 Å². The Kier molecular flexibility index (Phi) is 3.96. The number of aromatic nitrogens is 3. The van der Waals surface area contributed by atoms with Gasteiger partial charge in [-0.25, -0.2) is 9.07 Å². The first-order valence-electron chi connectivity index (χ1n) is 6.85. The van der Waals surface area contributed by atoms with Crippen LogP contribution in [0.3, 0.4) is 0 Å². The van der Waals surface area contributed by atoms with E-state index in [2.05, 4.69) is 10.1 Å². The minimum atomic E-state index is -4.46. The van der Waals surface area contributed by atoms with Crippen molar-refractivity contribution in [3.63, 3.8) is 0 Å². The van der Waals surface area contributed by atoms with Crippen molar-refractivity contribution >= 4 is 0 Å². The van der Waals surface area contributed by atoms with Gasteiger partial charge in [-0.1, -0.05) is 6.07 Å². The Hall–Kier alpha value is -2.90. The summed E-state index contributed by atoms with van der Waals surface area (Å²) in [7, 11) is 1.54. The van der Waals surface area contributed by atoms with E-state index < -0.39 is 17.6 Å². The minimum Gasteiger partial charge on any atom is -0.424 e. The second-order valence-corrected chi connectivity index (χ2v) is 4.98. The van der Waals surface area contributed by atoms with Crippen LogP contribution in [0.4, 0.5) is 17.6 Å². The minimum absolute atomic E-state index is 0.00835. The number of benzene rings is 2. The molecular weight excluding hydrogens is 326 g/mol. The van der Waals surface area contributed by atoms with Gasteiger partial charge in [0.1, 0.15) is 11.6 Å². The van der Waals surface area contributed by atoms with E-state index in [1.54, 1.807) is 7.05 Å². The summed E-state index contributed by atoms with van der Waals surface area (Å²) < 4.78 is 57.8. The molecular formula is C16H11F4N3O. The van der Waals surface area contributed by atoms with Crippen molar-refractivity contribution < 1.29 is 22.3 Å². The first-order valence-corrected chi connectivity index (χ1v) is 6.85. The van der Waals surface area contributed by atoms with Gasteiger partial charge in [0, 0.05) is 12.6 Å². The molecule has 8 heteroatoms. The van der Waals surface area contributed by atoms with Gasteiger partial charge in [-0.05, 0) is 42.5 Å². The molecule has 1 heterocycles. The molecule has 0 N–H and O–H groups in total. The molecule has 2 aromatic carbocycles. The highest BCUT2D eigenvalue weighted by Crippen LogP contribution is 2.32. The lowest BCUT2D eigenvalue weighted by atomic mass is 10.2. The number of nitrogens with zero attached hydrogens (tertiary/aromatic N) is 3. The molecule has 4 nitrogen and oxygen atoms in total. The molecule has 0 radical (unpaired) electrons. The molecule has 24 heavy (non-hydrogen) atoms. The first-order chi connectivity index (χ1) is 11.3. The van der Waals surface area contributed by atoms with Crippen LogP contribution in [0.25, 0.3) is 11.4 Å². The van der Waals surface area contributed by atoms with Crippen LogP contribution in [-0.2, 0) is 13.2 Å². The lowest BCUT2D eigenvalue weighted by molar-refractivity contribution is -0.137. The van der Waals surface area contributed by atoms with Crippen LogP contribution in [0.5, 0.6) is 11.8 Å². The first kappa shape index (κ1) is 16.0. The van der Waals surface area contributed by atoms with Crippen molar-refractivity contribution in [1.29, 1.82) is 0 Å². The Morgan fingerprint density at radius 2 is 1.75 bits per heavy atom. The van der Waals surface area contributed by atoms with Gasteiger partial charge in [0.25, 0.3) is 0 Å². The van der Waals surface area contributed by atoms with Gasteiger partial charge in [0.05, 0.1) is 5.56 Å². The Morgan fingerprint density at radius 3 is 2.42 bits per heavy atom. The highest BCUT2D eigenvalue weighted by molar-refractivity contribution is 5.54. The quantitative estimate of drug-likeness (QED) is 0.664. The van der Waals surface area contributed by atoms with Crippen molar-refractivity contribution in [2.24, 2.45) is 7.05 Å². The maximum atomic E-state index is 12.9. The molecule has 3 rings (SSSR count). The third-order valence-electron chi connectivity index (χ3n) is 3.20. The van der Waals surface area contributed by atoms with Gasteiger partial charge in [-0.15, -0.1) is 5.10 Å². The zero-order valence-electron chi connectivity index (χ0n) is 12.4. The molecule has 0 unspecified atom stereocenters. The molecule has 0 saturated heterocycles. The lowest BCUT2D eigenvalue weighted by Gasteiger charge is -2.08. The van der Waals surface area contributed by atoms with Crippen LogP contribution in [0.1, 0.15) is 5.56 Å². The Balaban J connectivity index is 1.87. The van der Waals surface area contributed by atoms with Crippen molar-refractivity contribution in [2.75, 3.05) is 0 Å². The third-order valence-corrected chi connectivity index (χ3v) is 3.20. The predicted molar refractivity (Wildman–Crippen MR) is 77.9 cm³/mol. The fourth-order valence-corrected chi connectivity index (χ4v) is 2.02. The van der Waals surface area contributed by atoms with E-state index in [9.17, 15) is 17.6 Å². The molecule has 1 aromatic heterocycles. The van der Waals surface area contributed by atoms with E-state index in [0.29, 0.717) is 5.56 Å². The van der Waals surface area contributed by atoms with Crippen LogP contribution in [0, 0.1) is 5.82 Å². The molecule has 0 aliphatic heterocycles. The third kappa shape index (κ3) is 3.37. The van der Waals surface area contributed by atoms with Crippen molar-refractivity contribution in [3.8, 4) is 23.1 Å². The number of alkyl halides is 3. The molecule has 0 aliphatic carbocycles. The standard InChI is InChI=1S/C16H11F4N3O/c1-23-15(21-14(22-23)10-5-7-12(17)8-6-10)24-13-4-2-3-11(9-13)16(18,19)20/h2-9H,1H3. The van der Waals surface area contributed by atoms with Crippen LogP contribution < -0.4 is 4.74 Å². The predicted octanol–water partition coefficient (Wildman–Crippen LogP) is 4.43. The van der Waals surface area contributed by atoms with E-state index >= 15 is 0 Å². The van der Waals surface area contributed by atoms with Gasteiger partial charge < -0.3 is 4.74 Å². The zero-order valence-corrected chi connectivity index (χ0v) is 12.4. The molecule has 124 valence electrons. The summed E-state index contributed by atoms with van der Waals surface area (Å²) in [6.07, 6.45) is -4.46. The van der Waals surface area contributed by atoms with E-state index in [1.165, 1.54) is 41.1 Å². The summed E-state index contributed by atoms with van der Waals surface area (Å²) in [4.78, 5) is 4.12. The number of hydrogen-bond acceptors (Lipinski definition) is 3. The second kappa shape index (κ2) is 5.95. The number of hydrogen-bond donors (Lipinski definition) is 0.